The number of β-lactam (4-membered cyclic amide) rings is 1. The first kappa shape index (κ1) is 25.8. The van der Waals surface area contributed by atoms with Crippen LogP contribution in [0.4, 0.5) is 8.78 Å². The lowest BCUT2D eigenvalue weighted by Crippen LogP contribution is -2.66. The maximum atomic E-state index is 13.0. The van der Waals surface area contributed by atoms with Crippen molar-refractivity contribution in [3.8, 4) is 0 Å². The zero-order valence-electron chi connectivity index (χ0n) is 19.6. The maximum absolute atomic E-state index is 13.0. The number of aliphatic carboxylic acids is 1. The van der Waals surface area contributed by atoms with Gasteiger partial charge in [0.25, 0.3) is 5.91 Å². The highest BCUT2D eigenvalue weighted by Crippen LogP contribution is 2.51. The Morgan fingerprint density at radius 3 is 2.66 bits per heavy atom. The fourth-order valence-electron chi connectivity index (χ4n) is 5.52. The number of amides is 3. The number of carboxylic acids is 1. The van der Waals surface area contributed by atoms with Gasteiger partial charge in [-0.3, -0.25) is 14.4 Å². The second-order valence-corrected chi connectivity index (χ2v) is 10.8. The van der Waals surface area contributed by atoms with Gasteiger partial charge in [0.1, 0.15) is 5.70 Å². The lowest BCUT2D eigenvalue weighted by Gasteiger charge is -2.47. The number of carboxylic acid groups (broad SMARTS) is 1. The predicted molar refractivity (Wildman–Crippen MR) is 123 cm³/mol. The fourth-order valence-corrected chi connectivity index (χ4v) is 7.00. The zero-order valence-corrected chi connectivity index (χ0v) is 20.4. The molecule has 10 nitrogen and oxygen atoms in total. The van der Waals surface area contributed by atoms with Crippen LogP contribution in [-0.2, 0) is 19.2 Å². The van der Waals surface area contributed by atoms with Gasteiger partial charge in [0.15, 0.2) is 0 Å². The van der Waals surface area contributed by atoms with E-state index >= 15 is 0 Å². The van der Waals surface area contributed by atoms with Crippen LogP contribution >= 0.6 is 11.8 Å². The molecule has 4 aliphatic heterocycles. The van der Waals surface area contributed by atoms with E-state index < -0.39 is 42.2 Å². The number of fused-ring (bicyclic) bond motifs is 1. The van der Waals surface area contributed by atoms with Crippen molar-refractivity contribution in [3.63, 3.8) is 0 Å². The van der Waals surface area contributed by atoms with Crippen LogP contribution in [-0.4, -0.2) is 101 Å². The summed E-state index contributed by atoms with van der Waals surface area (Å²) in [5.74, 6) is -4.26. The molecule has 6 atom stereocenters. The first-order chi connectivity index (χ1) is 16.6. The van der Waals surface area contributed by atoms with Crippen molar-refractivity contribution in [3.05, 3.63) is 10.6 Å². The molecule has 4 N–H and O–H groups in total. The normalized spacial score (nSPS) is 31.8. The summed E-state index contributed by atoms with van der Waals surface area (Å²) in [5, 5.41) is 18.5. The summed E-state index contributed by atoms with van der Waals surface area (Å²) in [6.45, 7) is 6.81. The number of nitrogens with one attached hydrogen (secondary N) is 3. The van der Waals surface area contributed by atoms with Crippen molar-refractivity contribution in [2.24, 2.45) is 11.8 Å². The van der Waals surface area contributed by atoms with E-state index in [0.717, 1.165) is 19.5 Å². The van der Waals surface area contributed by atoms with E-state index in [-0.39, 0.29) is 28.8 Å². The number of nitrogens with zero attached hydrogens (tertiary/aromatic N) is 2. The third-order valence-corrected chi connectivity index (χ3v) is 8.74. The second-order valence-electron chi connectivity index (χ2n) is 9.49. The highest BCUT2D eigenvalue weighted by atomic mass is 32.2. The molecule has 4 aliphatic rings. The Morgan fingerprint density at radius 2 is 1.97 bits per heavy atom. The number of carbonyl (C=O) groups excluding carboxylic acids is 3. The standard InChI is InChI=1S/C22H31F2N5O5S/c1-10-15-14(11(2)27-19(30)18(23)24)21(32)29(15)16(22(33)34)17(10)35-12-8-13(26-9-12)20(31)28-6-3-4-25-5-7-28/h10-15,18,25-26H,3-9H2,1-2H3,(H,27,30)(H,33,34)/t10-,11?,12+,13+,14-,15-/m1/s1. The van der Waals surface area contributed by atoms with E-state index in [0.29, 0.717) is 31.0 Å². The van der Waals surface area contributed by atoms with Crippen LogP contribution in [0.15, 0.2) is 10.6 Å². The van der Waals surface area contributed by atoms with Crippen molar-refractivity contribution < 1.29 is 33.1 Å². The molecule has 0 aromatic heterocycles. The number of thioether (sulfide) groups is 1. The minimum atomic E-state index is -3.19. The van der Waals surface area contributed by atoms with Crippen LogP contribution in [0.3, 0.4) is 0 Å². The molecule has 0 aliphatic carbocycles. The minimum absolute atomic E-state index is 0.0476. The SMILES string of the molecule is CC(NC(=O)C(F)F)[C@H]1C(=O)N2C(C(=O)O)=C(S[C@@H]3CN[C@H](C(=O)N4CCCNCC4)C3)[C@H](C)[C@H]12. The Morgan fingerprint density at radius 1 is 1.23 bits per heavy atom. The number of rotatable bonds is 7. The molecule has 4 heterocycles. The first-order valence-corrected chi connectivity index (χ1v) is 12.8. The smallest absolute Gasteiger partial charge is 0.353 e. The number of alkyl halides is 2. The minimum Gasteiger partial charge on any atom is -0.477 e. The molecule has 13 heteroatoms. The quantitative estimate of drug-likeness (QED) is 0.344. The van der Waals surface area contributed by atoms with Crippen LogP contribution in [0.2, 0.25) is 0 Å². The molecule has 0 aromatic carbocycles. The van der Waals surface area contributed by atoms with Gasteiger partial charge in [-0.1, -0.05) is 6.92 Å². The molecule has 0 aromatic rings. The van der Waals surface area contributed by atoms with Gasteiger partial charge in [0.05, 0.1) is 18.0 Å². The summed E-state index contributed by atoms with van der Waals surface area (Å²) in [7, 11) is 0. The van der Waals surface area contributed by atoms with Crippen molar-refractivity contribution in [2.75, 3.05) is 32.7 Å². The third kappa shape index (κ3) is 4.90. The lowest BCUT2D eigenvalue weighted by atomic mass is 9.78. The molecule has 0 spiro atoms. The Hall–Kier alpha value is -2.25. The fraction of sp³-hybridized carbons (Fsp3) is 0.727. The summed E-state index contributed by atoms with van der Waals surface area (Å²) in [6, 6.07) is -1.72. The van der Waals surface area contributed by atoms with E-state index in [1.807, 2.05) is 11.8 Å². The molecular formula is C22H31F2N5O5S. The molecule has 4 rings (SSSR count). The van der Waals surface area contributed by atoms with Crippen LogP contribution < -0.4 is 16.0 Å². The highest BCUT2D eigenvalue weighted by molar-refractivity contribution is 8.03. The molecule has 1 unspecified atom stereocenters. The molecule has 0 saturated carbocycles. The van der Waals surface area contributed by atoms with Crippen LogP contribution in [0.25, 0.3) is 0 Å². The Bertz CT molecular complexity index is 926. The third-order valence-electron chi connectivity index (χ3n) is 7.23. The molecule has 3 fully saturated rings. The summed E-state index contributed by atoms with van der Waals surface area (Å²) in [5.41, 5.74) is -0.0884. The molecule has 0 bridgehead atoms. The van der Waals surface area contributed by atoms with Crippen molar-refractivity contribution in [2.45, 2.75) is 56.5 Å². The Kier molecular flexibility index (Phi) is 7.67. The topological polar surface area (TPSA) is 131 Å². The largest absolute Gasteiger partial charge is 0.477 e. The number of halogens is 2. The molecule has 3 amide bonds. The predicted octanol–water partition coefficient (Wildman–Crippen LogP) is -0.185. The average Bonchev–Trinajstić information content (AvgIpc) is 3.22. The summed E-state index contributed by atoms with van der Waals surface area (Å²) in [6.07, 6.45) is -1.76. The molecular weight excluding hydrogens is 484 g/mol. The van der Waals surface area contributed by atoms with Gasteiger partial charge in [-0.05, 0) is 26.3 Å². The van der Waals surface area contributed by atoms with Gasteiger partial charge in [0, 0.05) is 48.3 Å². The van der Waals surface area contributed by atoms with Gasteiger partial charge in [0.2, 0.25) is 11.8 Å². The molecule has 0 radical (unpaired) electrons. The van der Waals surface area contributed by atoms with Gasteiger partial charge in [-0.15, -0.1) is 11.8 Å². The van der Waals surface area contributed by atoms with Gasteiger partial charge >= 0.3 is 12.4 Å². The lowest BCUT2D eigenvalue weighted by molar-refractivity contribution is -0.159. The molecule has 3 saturated heterocycles. The van der Waals surface area contributed by atoms with E-state index in [1.54, 1.807) is 0 Å². The van der Waals surface area contributed by atoms with Gasteiger partial charge < -0.3 is 30.9 Å². The highest BCUT2D eigenvalue weighted by Gasteiger charge is 2.60. The monoisotopic (exact) mass is 515 g/mol. The number of hydrogen-bond donors (Lipinski definition) is 4. The molecule has 35 heavy (non-hydrogen) atoms. The zero-order chi connectivity index (χ0) is 25.4. The summed E-state index contributed by atoms with van der Waals surface area (Å²) in [4.78, 5) is 53.0. The van der Waals surface area contributed by atoms with E-state index in [9.17, 15) is 33.1 Å². The molecule has 194 valence electrons. The average molecular weight is 516 g/mol. The summed E-state index contributed by atoms with van der Waals surface area (Å²) >= 11 is 1.37. The Labute approximate surface area is 206 Å². The Balaban J connectivity index is 1.43. The second kappa shape index (κ2) is 10.4. The van der Waals surface area contributed by atoms with E-state index in [2.05, 4.69) is 16.0 Å². The van der Waals surface area contributed by atoms with Crippen LogP contribution in [0, 0.1) is 11.8 Å². The summed E-state index contributed by atoms with van der Waals surface area (Å²) < 4.78 is 25.3. The van der Waals surface area contributed by atoms with E-state index in [1.165, 1.54) is 23.6 Å². The number of hydrogen-bond acceptors (Lipinski definition) is 7. The first-order valence-electron chi connectivity index (χ1n) is 11.9. The van der Waals surface area contributed by atoms with E-state index in [4.69, 9.17) is 0 Å². The van der Waals surface area contributed by atoms with Gasteiger partial charge in [-0.25, -0.2) is 4.79 Å². The van der Waals surface area contributed by atoms with Crippen LogP contribution in [0.5, 0.6) is 0 Å². The van der Waals surface area contributed by atoms with Gasteiger partial charge in [-0.2, -0.15) is 8.78 Å². The maximum Gasteiger partial charge on any atom is 0.353 e. The number of carbonyl (C=O) groups is 4. The van der Waals surface area contributed by atoms with Crippen molar-refractivity contribution in [1.29, 1.82) is 0 Å². The van der Waals surface area contributed by atoms with Crippen molar-refractivity contribution >= 4 is 35.5 Å². The van der Waals surface area contributed by atoms with Crippen molar-refractivity contribution in [1.82, 2.24) is 25.8 Å². The van der Waals surface area contributed by atoms with Crippen LogP contribution in [0.1, 0.15) is 26.7 Å².